The summed E-state index contributed by atoms with van der Waals surface area (Å²) >= 11 is 0. The molecule has 3 aromatic rings. The standard InChI is InChI=1S/C20H22N4O3/c1-24(2)11-17(13-6-4-7-14(10-13)27-3)23-19-15-8-5-9-16(20(25)26)18(15)21-12-22-19/h4-10,12,17H,11H2,1-3H3,(H,25,26)(H,21,22,23). The van der Waals surface area contributed by atoms with Gasteiger partial charge in [0.1, 0.15) is 17.9 Å². The van der Waals surface area contributed by atoms with Gasteiger partial charge >= 0.3 is 5.97 Å². The van der Waals surface area contributed by atoms with Crippen molar-refractivity contribution >= 4 is 22.7 Å². The number of aromatic carboxylic acids is 1. The second-order valence-corrected chi connectivity index (χ2v) is 6.46. The molecule has 2 aromatic carbocycles. The van der Waals surface area contributed by atoms with Gasteiger partial charge in [-0.1, -0.05) is 18.2 Å². The van der Waals surface area contributed by atoms with Gasteiger partial charge in [0.05, 0.1) is 24.2 Å². The largest absolute Gasteiger partial charge is 0.497 e. The summed E-state index contributed by atoms with van der Waals surface area (Å²) in [6, 6.07) is 12.8. The number of para-hydroxylation sites is 1. The molecule has 0 radical (unpaired) electrons. The first-order chi connectivity index (χ1) is 13.0. The van der Waals surface area contributed by atoms with E-state index in [1.807, 2.05) is 44.4 Å². The van der Waals surface area contributed by atoms with E-state index in [1.165, 1.54) is 6.33 Å². The van der Waals surface area contributed by atoms with Crippen LogP contribution < -0.4 is 10.1 Å². The van der Waals surface area contributed by atoms with Crippen molar-refractivity contribution in [1.29, 1.82) is 0 Å². The fourth-order valence-electron chi connectivity index (χ4n) is 3.00. The quantitative estimate of drug-likeness (QED) is 0.664. The Morgan fingerprint density at radius 3 is 2.70 bits per heavy atom. The number of aromatic nitrogens is 2. The third-order valence-electron chi connectivity index (χ3n) is 4.25. The molecule has 0 fully saturated rings. The van der Waals surface area contributed by atoms with Crippen LogP contribution in [0.4, 0.5) is 5.82 Å². The minimum atomic E-state index is -1.01. The minimum absolute atomic E-state index is 0.0679. The summed E-state index contributed by atoms with van der Waals surface area (Å²) in [4.78, 5) is 22.1. The maximum absolute atomic E-state index is 11.5. The van der Waals surface area contributed by atoms with Crippen molar-refractivity contribution in [2.75, 3.05) is 33.1 Å². The van der Waals surface area contributed by atoms with Crippen LogP contribution in [0.1, 0.15) is 22.0 Å². The molecule has 1 aromatic heterocycles. The van der Waals surface area contributed by atoms with Crippen molar-refractivity contribution in [3.63, 3.8) is 0 Å². The first-order valence-corrected chi connectivity index (χ1v) is 8.52. The normalized spacial score (nSPS) is 12.1. The Hall–Kier alpha value is -3.19. The number of benzene rings is 2. The first-order valence-electron chi connectivity index (χ1n) is 8.52. The lowest BCUT2D eigenvalue weighted by atomic mass is 10.1. The Morgan fingerprint density at radius 2 is 2.00 bits per heavy atom. The van der Waals surface area contributed by atoms with Crippen LogP contribution in [0.2, 0.25) is 0 Å². The highest BCUT2D eigenvalue weighted by Crippen LogP contribution is 2.27. The Bertz CT molecular complexity index is 959. The number of likely N-dealkylation sites (N-methyl/N-ethyl adjacent to an activating group) is 1. The summed E-state index contributed by atoms with van der Waals surface area (Å²) in [7, 11) is 5.63. The molecule has 0 bridgehead atoms. The van der Waals surface area contributed by atoms with Gasteiger partial charge in [0.15, 0.2) is 0 Å². The topological polar surface area (TPSA) is 87.6 Å². The van der Waals surface area contributed by atoms with Crippen LogP contribution in [0, 0.1) is 0 Å². The van der Waals surface area contributed by atoms with E-state index in [0.717, 1.165) is 17.9 Å². The van der Waals surface area contributed by atoms with Crippen LogP contribution in [-0.4, -0.2) is 53.7 Å². The van der Waals surface area contributed by atoms with Crippen LogP contribution >= 0.6 is 0 Å². The molecule has 0 aliphatic heterocycles. The molecule has 27 heavy (non-hydrogen) atoms. The SMILES string of the molecule is COc1cccc(C(CN(C)C)Nc2ncnc3c(C(=O)O)cccc23)c1. The molecule has 1 heterocycles. The number of carboxylic acid groups (broad SMARTS) is 1. The lowest BCUT2D eigenvalue weighted by Crippen LogP contribution is -2.26. The second-order valence-electron chi connectivity index (χ2n) is 6.46. The molecule has 0 spiro atoms. The highest BCUT2D eigenvalue weighted by molar-refractivity contribution is 6.04. The summed E-state index contributed by atoms with van der Waals surface area (Å²) in [5.74, 6) is 0.361. The Labute approximate surface area is 157 Å². The highest BCUT2D eigenvalue weighted by atomic mass is 16.5. The van der Waals surface area contributed by atoms with Gasteiger partial charge in [-0.2, -0.15) is 0 Å². The minimum Gasteiger partial charge on any atom is -0.497 e. The Morgan fingerprint density at radius 1 is 1.22 bits per heavy atom. The van der Waals surface area contributed by atoms with E-state index < -0.39 is 5.97 Å². The molecule has 0 aliphatic rings. The highest BCUT2D eigenvalue weighted by Gasteiger charge is 2.17. The van der Waals surface area contributed by atoms with E-state index in [2.05, 4.69) is 20.2 Å². The molecule has 7 heteroatoms. The van der Waals surface area contributed by atoms with E-state index in [1.54, 1.807) is 19.2 Å². The number of carboxylic acids is 1. The lowest BCUT2D eigenvalue weighted by Gasteiger charge is -2.24. The van der Waals surface area contributed by atoms with Gasteiger partial charge in [0.2, 0.25) is 0 Å². The third kappa shape index (κ3) is 4.15. The van der Waals surface area contributed by atoms with Crippen molar-refractivity contribution in [1.82, 2.24) is 14.9 Å². The zero-order valence-corrected chi connectivity index (χ0v) is 15.5. The Kier molecular flexibility index (Phi) is 5.52. The summed E-state index contributed by atoms with van der Waals surface area (Å²) in [5.41, 5.74) is 1.62. The van der Waals surface area contributed by atoms with Crippen LogP contribution in [0.3, 0.4) is 0 Å². The number of methoxy groups -OCH3 is 1. The van der Waals surface area contributed by atoms with Gasteiger partial charge in [-0.3, -0.25) is 0 Å². The molecule has 0 aliphatic carbocycles. The van der Waals surface area contributed by atoms with Crippen molar-refractivity contribution in [3.8, 4) is 5.75 Å². The van der Waals surface area contributed by atoms with Crippen LogP contribution in [-0.2, 0) is 0 Å². The summed E-state index contributed by atoms with van der Waals surface area (Å²) < 4.78 is 5.34. The summed E-state index contributed by atoms with van der Waals surface area (Å²) in [6.07, 6.45) is 1.38. The molecule has 0 saturated heterocycles. The zero-order chi connectivity index (χ0) is 19.4. The average molecular weight is 366 g/mol. The van der Waals surface area contributed by atoms with Gasteiger partial charge in [-0.05, 0) is 43.9 Å². The molecule has 1 unspecified atom stereocenters. The second kappa shape index (κ2) is 8.01. The first kappa shape index (κ1) is 18.6. The van der Waals surface area contributed by atoms with Crippen molar-refractivity contribution < 1.29 is 14.6 Å². The van der Waals surface area contributed by atoms with Gasteiger partial charge in [0, 0.05) is 11.9 Å². The molecular formula is C20H22N4O3. The van der Waals surface area contributed by atoms with Gasteiger partial charge < -0.3 is 20.1 Å². The predicted molar refractivity (Wildman–Crippen MR) is 104 cm³/mol. The number of ether oxygens (including phenoxy) is 1. The molecule has 1 atom stereocenters. The maximum Gasteiger partial charge on any atom is 0.337 e. The lowest BCUT2D eigenvalue weighted by molar-refractivity contribution is 0.0699. The molecule has 0 amide bonds. The Balaban J connectivity index is 2.03. The fraction of sp³-hybridized carbons (Fsp3) is 0.250. The van der Waals surface area contributed by atoms with Crippen molar-refractivity contribution in [2.24, 2.45) is 0 Å². The van der Waals surface area contributed by atoms with Gasteiger partial charge in [-0.15, -0.1) is 0 Å². The van der Waals surface area contributed by atoms with Crippen LogP contribution in [0.15, 0.2) is 48.8 Å². The van der Waals surface area contributed by atoms with Crippen molar-refractivity contribution in [2.45, 2.75) is 6.04 Å². The third-order valence-corrected chi connectivity index (χ3v) is 4.25. The van der Waals surface area contributed by atoms with E-state index in [-0.39, 0.29) is 11.6 Å². The maximum atomic E-state index is 11.5. The van der Waals surface area contributed by atoms with Crippen LogP contribution in [0.25, 0.3) is 10.9 Å². The van der Waals surface area contributed by atoms with E-state index in [0.29, 0.717) is 16.7 Å². The number of carbonyl (C=O) groups is 1. The molecule has 7 nitrogen and oxygen atoms in total. The molecule has 2 N–H and O–H groups in total. The predicted octanol–water partition coefficient (Wildman–Crippen LogP) is 3.05. The van der Waals surface area contributed by atoms with Gasteiger partial charge in [0.25, 0.3) is 0 Å². The number of rotatable bonds is 7. The number of nitrogens with zero attached hydrogens (tertiary/aromatic N) is 3. The van der Waals surface area contributed by atoms with Crippen molar-refractivity contribution in [3.05, 3.63) is 59.9 Å². The molecular weight excluding hydrogens is 344 g/mol. The molecule has 0 saturated carbocycles. The monoisotopic (exact) mass is 366 g/mol. The smallest absolute Gasteiger partial charge is 0.337 e. The molecule has 140 valence electrons. The number of fused-ring (bicyclic) bond motifs is 1. The zero-order valence-electron chi connectivity index (χ0n) is 15.5. The number of nitrogens with one attached hydrogen (secondary N) is 1. The van der Waals surface area contributed by atoms with E-state index in [4.69, 9.17) is 4.74 Å². The number of hydrogen-bond acceptors (Lipinski definition) is 6. The number of hydrogen-bond donors (Lipinski definition) is 2. The number of anilines is 1. The summed E-state index contributed by atoms with van der Waals surface area (Å²) in [6.45, 7) is 0.720. The van der Waals surface area contributed by atoms with E-state index >= 15 is 0 Å². The van der Waals surface area contributed by atoms with Gasteiger partial charge in [-0.25, -0.2) is 14.8 Å². The summed E-state index contributed by atoms with van der Waals surface area (Å²) in [5, 5.41) is 13.5. The average Bonchev–Trinajstić information content (AvgIpc) is 2.66. The van der Waals surface area contributed by atoms with Crippen LogP contribution in [0.5, 0.6) is 5.75 Å². The fourth-order valence-corrected chi connectivity index (χ4v) is 3.00. The van der Waals surface area contributed by atoms with E-state index in [9.17, 15) is 9.90 Å². The molecule has 3 rings (SSSR count).